The van der Waals surface area contributed by atoms with Crippen LogP contribution in [0.5, 0.6) is 23.0 Å². The lowest BCUT2D eigenvalue weighted by Gasteiger charge is -2.39. The van der Waals surface area contributed by atoms with Crippen molar-refractivity contribution in [1.82, 2.24) is 0 Å². The van der Waals surface area contributed by atoms with Gasteiger partial charge in [0.05, 0.1) is 40.0 Å². The molecular formula is C26H32O11. The van der Waals surface area contributed by atoms with Crippen molar-refractivity contribution in [2.45, 2.75) is 42.7 Å². The lowest BCUT2D eigenvalue weighted by atomic mass is 9.90. The minimum Gasteiger partial charge on any atom is -0.493 e. The van der Waals surface area contributed by atoms with E-state index in [1.165, 1.54) is 14.2 Å². The summed E-state index contributed by atoms with van der Waals surface area (Å²) in [6, 6.07) is 8.60. The summed E-state index contributed by atoms with van der Waals surface area (Å²) in [4.78, 5) is 0. The normalized spacial score (nSPS) is 29.1. The SMILES string of the molecule is COc1cc(C2Oc3c(OC)cc(/C=C/CO)cc3[C@@H]2CO)ccc1O[C@@H]1O[C@H](CO)[C@@H](O)[C@H](O)[C@H]1O. The minimum atomic E-state index is -1.58. The van der Waals surface area contributed by atoms with Gasteiger partial charge in [-0.3, -0.25) is 0 Å². The molecule has 0 aliphatic carbocycles. The van der Waals surface area contributed by atoms with E-state index in [1.54, 1.807) is 36.4 Å². The second-order valence-electron chi connectivity index (χ2n) is 8.78. The molecule has 2 aliphatic rings. The summed E-state index contributed by atoms with van der Waals surface area (Å²) in [6.45, 7) is -0.900. The highest BCUT2D eigenvalue weighted by Gasteiger charge is 2.45. The molecular weight excluding hydrogens is 488 g/mol. The lowest BCUT2D eigenvalue weighted by Crippen LogP contribution is -2.60. The predicted octanol–water partition coefficient (Wildman–Crippen LogP) is 0.0976. The number of hydrogen-bond acceptors (Lipinski definition) is 11. The number of aliphatic hydroxyl groups excluding tert-OH is 6. The summed E-state index contributed by atoms with van der Waals surface area (Å²) in [5.74, 6) is 1.03. The first kappa shape index (κ1) is 27.1. The van der Waals surface area contributed by atoms with Crippen molar-refractivity contribution >= 4 is 6.08 Å². The van der Waals surface area contributed by atoms with E-state index in [2.05, 4.69) is 0 Å². The zero-order chi connectivity index (χ0) is 26.7. The van der Waals surface area contributed by atoms with Gasteiger partial charge in [-0.15, -0.1) is 0 Å². The van der Waals surface area contributed by atoms with Crippen molar-refractivity contribution in [1.29, 1.82) is 0 Å². The molecule has 2 heterocycles. The Morgan fingerprint density at radius 3 is 2.27 bits per heavy atom. The van der Waals surface area contributed by atoms with Crippen LogP contribution in [-0.4, -0.2) is 95.4 Å². The second kappa shape index (κ2) is 11.7. The number of aliphatic hydroxyl groups is 6. The quantitative estimate of drug-likeness (QED) is 0.265. The Hall–Kier alpha value is -2.90. The van der Waals surface area contributed by atoms with Gasteiger partial charge in [-0.2, -0.15) is 0 Å². The van der Waals surface area contributed by atoms with Crippen LogP contribution >= 0.6 is 0 Å². The zero-order valence-corrected chi connectivity index (χ0v) is 20.4. The molecule has 2 aromatic carbocycles. The number of fused-ring (bicyclic) bond motifs is 1. The molecule has 0 saturated carbocycles. The first-order chi connectivity index (χ1) is 17.9. The van der Waals surface area contributed by atoms with Crippen LogP contribution in [-0.2, 0) is 4.74 Å². The first-order valence-corrected chi connectivity index (χ1v) is 11.8. The van der Waals surface area contributed by atoms with Crippen molar-refractivity contribution in [2.75, 3.05) is 34.0 Å². The van der Waals surface area contributed by atoms with Gasteiger partial charge < -0.3 is 54.3 Å². The van der Waals surface area contributed by atoms with Gasteiger partial charge in [-0.1, -0.05) is 18.2 Å². The monoisotopic (exact) mass is 520 g/mol. The molecule has 11 nitrogen and oxygen atoms in total. The maximum atomic E-state index is 10.3. The molecule has 4 rings (SSSR count). The highest BCUT2D eigenvalue weighted by atomic mass is 16.7. The van der Waals surface area contributed by atoms with Crippen molar-refractivity contribution in [3.05, 3.63) is 53.1 Å². The van der Waals surface area contributed by atoms with Gasteiger partial charge in [0, 0.05) is 5.56 Å². The Morgan fingerprint density at radius 2 is 1.62 bits per heavy atom. The van der Waals surface area contributed by atoms with Crippen LogP contribution in [0.2, 0.25) is 0 Å². The van der Waals surface area contributed by atoms with Gasteiger partial charge in [-0.25, -0.2) is 0 Å². The predicted molar refractivity (Wildman–Crippen MR) is 130 cm³/mol. The number of benzene rings is 2. The van der Waals surface area contributed by atoms with Gasteiger partial charge in [-0.05, 0) is 35.4 Å². The molecule has 1 fully saturated rings. The van der Waals surface area contributed by atoms with Gasteiger partial charge in [0.1, 0.15) is 30.5 Å². The Balaban J connectivity index is 1.61. The third-order valence-electron chi connectivity index (χ3n) is 6.56. The van der Waals surface area contributed by atoms with Gasteiger partial charge in [0.25, 0.3) is 0 Å². The molecule has 0 radical (unpaired) electrons. The van der Waals surface area contributed by atoms with Crippen molar-refractivity contribution in [2.24, 2.45) is 0 Å². The average Bonchev–Trinajstić information content (AvgIpc) is 3.30. The van der Waals surface area contributed by atoms with Crippen LogP contribution in [0.15, 0.2) is 36.4 Å². The Kier molecular flexibility index (Phi) is 8.55. The summed E-state index contributed by atoms with van der Waals surface area (Å²) >= 11 is 0. The largest absolute Gasteiger partial charge is 0.493 e. The van der Waals surface area contributed by atoms with Gasteiger partial charge in [0.15, 0.2) is 23.0 Å². The molecule has 0 amide bonds. The molecule has 0 spiro atoms. The lowest BCUT2D eigenvalue weighted by molar-refractivity contribution is -0.277. The van der Waals surface area contributed by atoms with Crippen molar-refractivity contribution in [3.63, 3.8) is 0 Å². The fourth-order valence-corrected chi connectivity index (χ4v) is 4.60. The summed E-state index contributed by atoms with van der Waals surface area (Å²) < 4.78 is 28.4. The maximum absolute atomic E-state index is 10.3. The van der Waals surface area contributed by atoms with E-state index in [0.717, 1.165) is 11.1 Å². The van der Waals surface area contributed by atoms with E-state index in [1.807, 2.05) is 6.07 Å². The minimum absolute atomic E-state index is 0.112. The third-order valence-corrected chi connectivity index (χ3v) is 6.56. The average molecular weight is 521 g/mol. The van der Waals surface area contributed by atoms with Crippen LogP contribution in [0.4, 0.5) is 0 Å². The van der Waals surface area contributed by atoms with Crippen molar-refractivity contribution in [3.8, 4) is 23.0 Å². The molecule has 6 N–H and O–H groups in total. The van der Waals surface area contributed by atoms with E-state index in [4.69, 9.17) is 28.8 Å². The number of methoxy groups -OCH3 is 2. The molecule has 7 atom stereocenters. The van der Waals surface area contributed by atoms with Crippen LogP contribution in [0.1, 0.15) is 28.7 Å². The number of rotatable bonds is 9. The Labute approximate surface area is 213 Å². The molecule has 202 valence electrons. The third kappa shape index (κ3) is 5.25. The van der Waals surface area contributed by atoms with Crippen LogP contribution in [0.25, 0.3) is 6.08 Å². The molecule has 2 aromatic rings. The summed E-state index contributed by atoms with van der Waals surface area (Å²) in [6.07, 6.45) is -4.38. The van der Waals surface area contributed by atoms with E-state index >= 15 is 0 Å². The van der Waals surface area contributed by atoms with Crippen LogP contribution < -0.4 is 18.9 Å². The molecule has 37 heavy (non-hydrogen) atoms. The Morgan fingerprint density at radius 1 is 0.865 bits per heavy atom. The van der Waals surface area contributed by atoms with Crippen molar-refractivity contribution < 1.29 is 54.3 Å². The number of hydrogen-bond donors (Lipinski definition) is 6. The zero-order valence-electron chi connectivity index (χ0n) is 20.4. The highest BCUT2D eigenvalue weighted by molar-refractivity contribution is 5.62. The molecule has 11 heteroatoms. The van der Waals surface area contributed by atoms with E-state index in [-0.39, 0.29) is 24.7 Å². The number of ether oxygens (including phenoxy) is 5. The van der Waals surface area contributed by atoms with E-state index in [0.29, 0.717) is 17.1 Å². The molecule has 1 unspecified atom stereocenters. The molecule has 1 saturated heterocycles. The Bertz CT molecular complexity index is 1100. The topological polar surface area (TPSA) is 168 Å². The van der Waals surface area contributed by atoms with Crippen LogP contribution in [0.3, 0.4) is 0 Å². The van der Waals surface area contributed by atoms with Gasteiger partial charge in [0.2, 0.25) is 6.29 Å². The summed E-state index contributed by atoms with van der Waals surface area (Å²) in [5.41, 5.74) is 2.21. The van der Waals surface area contributed by atoms with Crippen LogP contribution in [0, 0.1) is 0 Å². The standard InChI is InChI=1S/C26H32O11/c1-33-18-10-14(5-6-17(18)35-26-23(32)22(31)21(30)20(12-29)36-26)24-16(11-28)15-8-13(4-3-7-27)9-19(34-2)25(15)37-24/h3-6,8-10,16,20-24,26-32H,7,11-12H2,1-2H3/b4-3+/t16-,20+,21+,22-,23+,24?,26+/m0/s1. The van der Waals surface area contributed by atoms with E-state index < -0.39 is 49.3 Å². The fourth-order valence-electron chi connectivity index (χ4n) is 4.60. The summed E-state index contributed by atoms with van der Waals surface area (Å²) in [5, 5.41) is 59.1. The first-order valence-electron chi connectivity index (χ1n) is 11.8. The van der Waals surface area contributed by atoms with Gasteiger partial charge >= 0.3 is 0 Å². The second-order valence-corrected chi connectivity index (χ2v) is 8.78. The van der Waals surface area contributed by atoms with E-state index in [9.17, 15) is 25.5 Å². The smallest absolute Gasteiger partial charge is 0.229 e. The molecule has 2 aliphatic heterocycles. The summed E-state index contributed by atoms with van der Waals surface area (Å²) in [7, 11) is 2.95. The highest BCUT2D eigenvalue weighted by Crippen LogP contribution is 2.51. The maximum Gasteiger partial charge on any atom is 0.229 e. The molecule has 0 bridgehead atoms. The fraction of sp³-hybridized carbons (Fsp3) is 0.462. The molecule has 0 aromatic heterocycles.